The van der Waals surface area contributed by atoms with Gasteiger partial charge in [-0.25, -0.2) is 0 Å². The lowest BCUT2D eigenvalue weighted by Gasteiger charge is -2.20. The summed E-state index contributed by atoms with van der Waals surface area (Å²) in [5.74, 6) is -0.872. The van der Waals surface area contributed by atoms with Gasteiger partial charge in [0, 0.05) is 23.1 Å². The molecule has 3 heteroatoms. The lowest BCUT2D eigenvalue weighted by atomic mass is 9.86. The Balaban J connectivity index is 2.20. The van der Waals surface area contributed by atoms with Gasteiger partial charge in [-0.1, -0.05) is 13.0 Å². The van der Waals surface area contributed by atoms with E-state index >= 15 is 0 Å². The molecule has 1 N–H and O–H groups in total. The van der Waals surface area contributed by atoms with Gasteiger partial charge in [0.1, 0.15) is 0 Å². The van der Waals surface area contributed by atoms with E-state index < -0.39 is 5.97 Å². The highest BCUT2D eigenvalue weighted by Crippen LogP contribution is 2.35. The van der Waals surface area contributed by atoms with Gasteiger partial charge in [0.05, 0.1) is 5.92 Å². The Kier molecular flexibility index (Phi) is 3.28. The number of carboxylic acid groups (broad SMARTS) is 1. The number of nitrogens with zero attached hydrogens (tertiary/aromatic N) is 1. The maximum atomic E-state index is 11.3. The third kappa shape index (κ3) is 1.92. The number of aliphatic carboxylic acids is 1. The Labute approximate surface area is 119 Å². The summed E-state index contributed by atoms with van der Waals surface area (Å²) in [6.45, 7) is 5.27. The van der Waals surface area contributed by atoms with Crippen molar-refractivity contribution < 1.29 is 9.90 Å². The highest BCUT2D eigenvalue weighted by molar-refractivity contribution is 5.87. The minimum absolute atomic E-state index is 0.219. The van der Waals surface area contributed by atoms with Gasteiger partial charge in [0.2, 0.25) is 0 Å². The van der Waals surface area contributed by atoms with Crippen LogP contribution in [0.15, 0.2) is 18.2 Å². The van der Waals surface area contributed by atoms with E-state index in [0.717, 1.165) is 25.8 Å². The first-order chi connectivity index (χ1) is 9.65. The van der Waals surface area contributed by atoms with Gasteiger partial charge in [-0.2, -0.15) is 0 Å². The van der Waals surface area contributed by atoms with Gasteiger partial charge in [-0.15, -0.1) is 0 Å². The van der Waals surface area contributed by atoms with Crippen LogP contribution in [0.2, 0.25) is 0 Å². The molecule has 0 amide bonds. The van der Waals surface area contributed by atoms with E-state index in [1.807, 2.05) is 0 Å². The summed E-state index contributed by atoms with van der Waals surface area (Å²) in [5, 5.41) is 10.6. The largest absolute Gasteiger partial charge is 0.481 e. The minimum Gasteiger partial charge on any atom is -0.481 e. The van der Waals surface area contributed by atoms with E-state index in [4.69, 9.17) is 0 Å². The maximum absolute atomic E-state index is 11.3. The van der Waals surface area contributed by atoms with Gasteiger partial charge in [-0.05, 0) is 55.9 Å². The summed E-state index contributed by atoms with van der Waals surface area (Å²) < 4.78 is 2.36. The standard InChI is InChI=1S/C17H21NO2/c1-3-11-5-7-15-13(9-11)14-10-12(17(19)20)6-8-16(14)18(15)4-2/h5,7,9,12H,3-4,6,8,10H2,1-2H3,(H,19,20). The topological polar surface area (TPSA) is 42.2 Å². The van der Waals surface area contributed by atoms with E-state index in [1.165, 1.54) is 27.7 Å². The first-order valence-corrected chi connectivity index (χ1v) is 7.51. The van der Waals surface area contributed by atoms with Crippen LogP contribution in [0.5, 0.6) is 0 Å². The Morgan fingerprint density at radius 1 is 1.40 bits per heavy atom. The molecule has 0 saturated heterocycles. The second-order valence-electron chi connectivity index (χ2n) is 5.65. The molecular weight excluding hydrogens is 250 g/mol. The summed E-state index contributed by atoms with van der Waals surface area (Å²) in [6.07, 6.45) is 3.35. The number of benzene rings is 1. The Bertz CT molecular complexity index is 669. The molecule has 0 bridgehead atoms. The van der Waals surface area contributed by atoms with Crippen LogP contribution in [0.25, 0.3) is 10.9 Å². The molecule has 3 rings (SSSR count). The van der Waals surface area contributed by atoms with Crippen molar-refractivity contribution in [1.29, 1.82) is 0 Å². The molecular formula is C17H21NO2. The lowest BCUT2D eigenvalue weighted by molar-refractivity contribution is -0.142. The first kappa shape index (κ1) is 13.2. The number of hydrogen-bond acceptors (Lipinski definition) is 1. The second-order valence-corrected chi connectivity index (χ2v) is 5.65. The van der Waals surface area contributed by atoms with Crippen molar-refractivity contribution in [2.75, 3.05) is 0 Å². The fourth-order valence-electron chi connectivity index (χ4n) is 3.49. The Hall–Kier alpha value is -1.77. The SMILES string of the molecule is CCc1ccc2c(c1)c1c(n2CC)CCC(C(=O)O)C1. The van der Waals surface area contributed by atoms with E-state index in [0.29, 0.717) is 6.42 Å². The van der Waals surface area contributed by atoms with E-state index in [-0.39, 0.29) is 5.92 Å². The molecule has 0 aliphatic heterocycles. The monoisotopic (exact) mass is 271 g/mol. The second kappa shape index (κ2) is 4.97. The van der Waals surface area contributed by atoms with E-state index in [9.17, 15) is 9.90 Å². The minimum atomic E-state index is -0.653. The first-order valence-electron chi connectivity index (χ1n) is 7.51. The van der Waals surface area contributed by atoms with Crippen LogP contribution in [0.3, 0.4) is 0 Å². The van der Waals surface area contributed by atoms with Gasteiger partial charge in [-0.3, -0.25) is 4.79 Å². The quantitative estimate of drug-likeness (QED) is 0.929. The average molecular weight is 271 g/mol. The van der Waals surface area contributed by atoms with Crippen molar-refractivity contribution in [3.05, 3.63) is 35.0 Å². The number of carbonyl (C=O) groups is 1. The van der Waals surface area contributed by atoms with Crippen molar-refractivity contribution in [2.24, 2.45) is 5.92 Å². The smallest absolute Gasteiger partial charge is 0.306 e. The van der Waals surface area contributed by atoms with E-state index in [1.54, 1.807) is 0 Å². The zero-order valence-corrected chi connectivity index (χ0v) is 12.1. The van der Waals surface area contributed by atoms with Crippen LogP contribution in [0.1, 0.15) is 37.1 Å². The number of carboxylic acids is 1. The van der Waals surface area contributed by atoms with Gasteiger partial charge in [0.25, 0.3) is 0 Å². The summed E-state index contributed by atoms with van der Waals surface area (Å²) in [5.41, 5.74) is 5.22. The van der Waals surface area contributed by atoms with Crippen molar-refractivity contribution in [3.8, 4) is 0 Å². The summed E-state index contributed by atoms with van der Waals surface area (Å²) >= 11 is 0. The molecule has 3 nitrogen and oxygen atoms in total. The molecule has 0 fully saturated rings. The Morgan fingerprint density at radius 2 is 2.20 bits per heavy atom. The highest BCUT2D eigenvalue weighted by Gasteiger charge is 2.28. The van der Waals surface area contributed by atoms with Gasteiger partial charge < -0.3 is 9.67 Å². The predicted octanol–water partition coefficient (Wildman–Crippen LogP) is 3.41. The van der Waals surface area contributed by atoms with Crippen LogP contribution in [-0.2, 0) is 30.6 Å². The van der Waals surface area contributed by atoms with Gasteiger partial charge in [0.15, 0.2) is 0 Å². The van der Waals surface area contributed by atoms with Crippen LogP contribution in [0, 0.1) is 5.92 Å². The normalized spacial score (nSPS) is 18.2. The molecule has 1 atom stereocenters. The van der Waals surface area contributed by atoms with Crippen molar-refractivity contribution in [3.63, 3.8) is 0 Å². The summed E-state index contributed by atoms with van der Waals surface area (Å²) in [6, 6.07) is 6.64. The molecule has 20 heavy (non-hydrogen) atoms. The fourth-order valence-corrected chi connectivity index (χ4v) is 3.49. The lowest BCUT2D eigenvalue weighted by Crippen LogP contribution is -2.22. The third-order valence-corrected chi connectivity index (χ3v) is 4.60. The molecule has 106 valence electrons. The number of fused-ring (bicyclic) bond motifs is 3. The predicted molar refractivity (Wildman–Crippen MR) is 80.1 cm³/mol. The number of aryl methyl sites for hydroxylation is 2. The van der Waals surface area contributed by atoms with Crippen molar-refractivity contribution in [1.82, 2.24) is 4.57 Å². The molecule has 1 unspecified atom stereocenters. The van der Waals surface area contributed by atoms with E-state index in [2.05, 4.69) is 36.6 Å². The third-order valence-electron chi connectivity index (χ3n) is 4.60. The Morgan fingerprint density at radius 3 is 2.85 bits per heavy atom. The van der Waals surface area contributed by atoms with Crippen LogP contribution >= 0.6 is 0 Å². The van der Waals surface area contributed by atoms with Crippen LogP contribution in [0.4, 0.5) is 0 Å². The molecule has 0 saturated carbocycles. The molecule has 1 aliphatic carbocycles. The zero-order valence-electron chi connectivity index (χ0n) is 12.1. The molecule has 0 spiro atoms. The molecule has 2 aromatic rings. The zero-order chi connectivity index (χ0) is 14.3. The number of aromatic nitrogens is 1. The van der Waals surface area contributed by atoms with Gasteiger partial charge >= 0.3 is 5.97 Å². The molecule has 1 aliphatic rings. The fraction of sp³-hybridized carbons (Fsp3) is 0.471. The number of hydrogen-bond donors (Lipinski definition) is 1. The summed E-state index contributed by atoms with van der Waals surface area (Å²) in [7, 11) is 0. The molecule has 1 aromatic carbocycles. The summed E-state index contributed by atoms with van der Waals surface area (Å²) in [4.78, 5) is 11.3. The van der Waals surface area contributed by atoms with Crippen LogP contribution < -0.4 is 0 Å². The molecule has 0 radical (unpaired) electrons. The number of rotatable bonds is 3. The maximum Gasteiger partial charge on any atom is 0.306 e. The average Bonchev–Trinajstić information content (AvgIpc) is 2.79. The molecule has 1 aromatic heterocycles. The van der Waals surface area contributed by atoms with Crippen molar-refractivity contribution >= 4 is 16.9 Å². The van der Waals surface area contributed by atoms with Crippen molar-refractivity contribution in [2.45, 2.75) is 46.1 Å². The highest BCUT2D eigenvalue weighted by atomic mass is 16.4. The molecule has 1 heterocycles. The van der Waals surface area contributed by atoms with Crippen LogP contribution in [-0.4, -0.2) is 15.6 Å².